The number of carboxylic acid groups (broad SMARTS) is 1. The topological polar surface area (TPSA) is 57.6 Å². The van der Waals surface area contributed by atoms with Gasteiger partial charge in [0, 0.05) is 28.6 Å². The molecule has 1 aliphatic carbocycles. The Morgan fingerprint density at radius 1 is 1.27 bits per heavy atom. The van der Waals surface area contributed by atoms with Crippen LogP contribution in [-0.2, 0) is 10.5 Å². The number of aliphatic carboxylic acids is 1. The molecule has 2 fully saturated rings. The minimum atomic E-state index is -0.740. The molecule has 1 aliphatic heterocycles. The normalized spacial score (nSPS) is 24.6. The summed E-state index contributed by atoms with van der Waals surface area (Å²) in [6, 6.07) is 11.8. The van der Waals surface area contributed by atoms with Crippen LogP contribution in [0.25, 0.3) is 0 Å². The second kappa shape index (κ2) is 7.08. The third-order valence-corrected chi connectivity index (χ3v) is 7.83. The molecule has 2 aromatic rings. The predicted molar refractivity (Wildman–Crippen MR) is 104 cm³/mol. The largest absolute Gasteiger partial charge is 0.481 e. The van der Waals surface area contributed by atoms with Crippen LogP contribution in [0.5, 0.6) is 0 Å². The molecule has 0 radical (unpaired) electrons. The first-order valence-corrected chi connectivity index (χ1v) is 10.7. The van der Waals surface area contributed by atoms with E-state index in [1.165, 1.54) is 4.88 Å². The minimum absolute atomic E-state index is 0.0331. The summed E-state index contributed by atoms with van der Waals surface area (Å²) in [4.78, 5) is 29.0. The summed E-state index contributed by atoms with van der Waals surface area (Å²) in [7, 11) is 0. The Morgan fingerprint density at radius 2 is 2.12 bits per heavy atom. The first-order chi connectivity index (χ1) is 12.6. The van der Waals surface area contributed by atoms with Gasteiger partial charge in [0.25, 0.3) is 5.91 Å². The van der Waals surface area contributed by atoms with Crippen LogP contribution in [0.1, 0.15) is 34.5 Å². The van der Waals surface area contributed by atoms with Crippen molar-refractivity contribution in [3.8, 4) is 0 Å². The summed E-state index contributed by atoms with van der Waals surface area (Å²) < 4.78 is 0. The Kier molecular flexibility index (Phi) is 4.80. The van der Waals surface area contributed by atoms with Gasteiger partial charge in [-0.05, 0) is 42.3 Å². The number of amides is 1. The Bertz CT molecular complexity index is 820. The zero-order valence-electron chi connectivity index (χ0n) is 14.4. The molecular weight excluding hydrogens is 366 g/mol. The fourth-order valence-electron chi connectivity index (χ4n) is 4.28. The lowest BCUT2D eigenvalue weighted by Crippen LogP contribution is -2.37. The smallest absolute Gasteiger partial charge is 0.311 e. The van der Waals surface area contributed by atoms with Crippen molar-refractivity contribution >= 4 is 35.0 Å². The monoisotopic (exact) mass is 387 g/mol. The lowest BCUT2D eigenvalue weighted by atomic mass is 9.81. The van der Waals surface area contributed by atoms with E-state index in [4.69, 9.17) is 0 Å². The molecule has 1 saturated heterocycles. The minimum Gasteiger partial charge on any atom is -0.481 e. The van der Waals surface area contributed by atoms with Crippen molar-refractivity contribution in [3.63, 3.8) is 0 Å². The van der Waals surface area contributed by atoms with E-state index < -0.39 is 11.4 Å². The first-order valence-electron chi connectivity index (χ1n) is 8.87. The standard InChI is InChI=1S/C20H21NO3S2/c22-18(21-11-14-5-3-9-20(14,13-21)19(23)24)16-7-1-2-8-17(16)26-12-15-6-4-10-25-15/h1-2,4,6-8,10,14H,3,5,9,11-13H2,(H,23,24)/t14-,20+/m0/s1. The number of thiophene rings is 1. The van der Waals surface area contributed by atoms with Gasteiger partial charge >= 0.3 is 5.97 Å². The Hall–Kier alpha value is -1.79. The molecular formula is C20H21NO3S2. The van der Waals surface area contributed by atoms with Crippen molar-refractivity contribution in [2.24, 2.45) is 11.3 Å². The van der Waals surface area contributed by atoms with Crippen molar-refractivity contribution in [1.29, 1.82) is 0 Å². The van der Waals surface area contributed by atoms with E-state index in [0.29, 0.717) is 25.1 Å². The summed E-state index contributed by atoms with van der Waals surface area (Å²) in [5, 5.41) is 11.8. The van der Waals surface area contributed by atoms with Gasteiger partial charge in [-0.2, -0.15) is 0 Å². The number of thioether (sulfide) groups is 1. The van der Waals surface area contributed by atoms with Gasteiger partial charge in [-0.3, -0.25) is 9.59 Å². The second-order valence-corrected chi connectivity index (χ2v) is 9.15. The molecule has 6 heteroatoms. The van der Waals surface area contributed by atoms with Gasteiger partial charge in [-0.25, -0.2) is 0 Å². The average molecular weight is 388 g/mol. The summed E-state index contributed by atoms with van der Waals surface area (Å²) in [6.45, 7) is 0.908. The molecule has 1 amide bonds. The lowest BCUT2D eigenvalue weighted by Gasteiger charge is -2.23. The fourth-order valence-corrected chi connectivity index (χ4v) is 6.09. The third kappa shape index (κ3) is 3.05. The maximum atomic E-state index is 13.1. The molecule has 1 aromatic carbocycles. The molecule has 0 unspecified atom stereocenters. The molecule has 2 atom stereocenters. The summed E-state index contributed by atoms with van der Waals surface area (Å²) in [5.41, 5.74) is -0.0380. The molecule has 4 nitrogen and oxygen atoms in total. The van der Waals surface area contributed by atoms with Crippen LogP contribution in [-0.4, -0.2) is 35.0 Å². The number of carboxylic acids is 1. The summed E-state index contributed by atoms with van der Waals surface area (Å²) in [5.74, 6) is 0.156. The first kappa shape index (κ1) is 17.6. The van der Waals surface area contributed by atoms with Gasteiger partial charge in [-0.1, -0.05) is 24.6 Å². The lowest BCUT2D eigenvalue weighted by molar-refractivity contribution is -0.149. The molecule has 0 spiro atoms. The van der Waals surface area contributed by atoms with E-state index in [1.54, 1.807) is 28.0 Å². The SMILES string of the molecule is O=C(c1ccccc1SCc1cccs1)N1C[C@@H]2CCC[C@@]2(C(=O)O)C1. The van der Waals surface area contributed by atoms with Gasteiger partial charge in [0.2, 0.25) is 0 Å². The fraction of sp³-hybridized carbons (Fsp3) is 0.400. The Morgan fingerprint density at radius 3 is 2.85 bits per heavy atom. The van der Waals surface area contributed by atoms with E-state index >= 15 is 0 Å². The van der Waals surface area contributed by atoms with E-state index in [1.807, 2.05) is 30.3 Å². The number of hydrogen-bond donors (Lipinski definition) is 1. The van der Waals surface area contributed by atoms with Crippen molar-refractivity contribution < 1.29 is 14.7 Å². The molecule has 4 rings (SSSR count). The van der Waals surface area contributed by atoms with Crippen molar-refractivity contribution in [3.05, 3.63) is 52.2 Å². The number of rotatable bonds is 5. The number of likely N-dealkylation sites (tertiary alicyclic amines) is 1. The highest BCUT2D eigenvalue weighted by molar-refractivity contribution is 7.98. The van der Waals surface area contributed by atoms with Crippen molar-refractivity contribution in [2.75, 3.05) is 13.1 Å². The van der Waals surface area contributed by atoms with Gasteiger partial charge in [-0.15, -0.1) is 23.1 Å². The number of benzene rings is 1. The number of hydrogen-bond acceptors (Lipinski definition) is 4. The summed E-state index contributed by atoms with van der Waals surface area (Å²) in [6.07, 6.45) is 2.54. The van der Waals surface area contributed by atoms with Crippen LogP contribution in [0.15, 0.2) is 46.7 Å². The highest BCUT2D eigenvalue weighted by Crippen LogP contribution is 2.49. The summed E-state index contributed by atoms with van der Waals surface area (Å²) >= 11 is 3.38. The molecule has 1 N–H and O–H groups in total. The maximum Gasteiger partial charge on any atom is 0.311 e. The Balaban J connectivity index is 1.53. The van der Waals surface area contributed by atoms with Gasteiger partial charge in [0.05, 0.1) is 11.0 Å². The zero-order valence-corrected chi connectivity index (χ0v) is 16.0. The molecule has 2 aliphatic rings. The van der Waals surface area contributed by atoms with E-state index in [2.05, 4.69) is 11.4 Å². The van der Waals surface area contributed by atoms with Crippen molar-refractivity contribution in [2.45, 2.75) is 29.9 Å². The molecule has 1 aromatic heterocycles. The number of nitrogens with zero attached hydrogens (tertiary/aromatic N) is 1. The van der Waals surface area contributed by atoms with E-state index in [9.17, 15) is 14.7 Å². The number of fused-ring (bicyclic) bond motifs is 1. The highest BCUT2D eigenvalue weighted by atomic mass is 32.2. The van der Waals surface area contributed by atoms with Crippen LogP contribution < -0.4 is 0 Å². The highest BCUT2D eigenvalue weighted by Gasteiger charge is 2.55. The number of carbonyl (C=O) groups is 2. The van der Waals surface area contributed by atoms with Crippen LogP contribution in [0, 0.1) is 11.3 Å². The average Bonchev–Trinajstić information content (AvgIpc) is 3.35. The molecule has 0 bridgehead atoms. The quantitative estimate of drug-likeness (QED) is 0.774. The van der Waals surface area contributed by atoms with Gasteiger partial charge < -0.3 is 10.0 Å². The van der Waals surface area contributed by atoms with Crippen LogP contribution in [0.4, 0.5) is 0 Å². The number of carbonyl (C=O) groups excluding carboxylic acids is 1. The maximum absolute atomic E-state index is 13.1. The van der Waals surface area contributed by atoms with E-state index in [-0.39, 0.29) is 11.8 Å². The Labute approximate surface area is 161 Å². The molecule has 26 heavy (non-hydrogen) atoms. The van der Waals surface area contributed by atoms with E-state index in [0.717, 1.165) is 23.5 Å². The predicted octanol–water partition coefficient (Wildman–Crippen LogP) is 4.37. The second-order valence-electron chi connectivity index (χ2n) is 7.10. The van der Waals surface area contributed by atoms with Crippen LogP contribution in [0.3, 0.4) is 0 Å². The molecule has 1 saturated carbocycles. The molecule has 2 heterocycles. The van der Waals surface area contributed by atoms with Crippen LogP contribution in [0.2, 0.25) is 0 Å². The zero-order chi connectivity index (χ0) is 18.1. The van der Waals surface area contributed by atoms with Gasteiger partial charge in [0.15, 0.2) is 0 Å². The third-order valence-electron chi connectivity index (χ3n) is 5.65. The van der Waals surface area contributed by atoms with Crippen LogP contribution >= 0.6 is 23.1 Å². The van der Waals surface area contributed by atoms with Crippen molar-refractivity contribution in [1.82, 2.24) is 4.90 Å². The van der Waals surface area contributed by atoms with Gasteiger partial charge in [0.1, 0.15) is 0 Å². The molecule has 136 valence electrons.